The Hall–Kier alpha value is -3.30. The van der Waals surface area contributed by atoms with E-state index in [0.29, 0.717) is 12.1 Å². The molecule has 1 atom stereocenters. The van der Waals surface area contributed by atoms with Gasteiger partial charge in [-0.25, -0.2) is 14.3 Å². The molecule has 2 aromatic carbocycles. The fourth-order valence-corrected chi connectivity index (χ4v) is 2.56. The molecule has 154 valence electrons. The first-order valence-electron chi connectivity index (χ1n) is 8.69. The number of carbonyl (C=O) groups excluding carboxylic acids is 2. The molecule has 0 aliphatic heterocycles. The Morgan fingerprint density at radius 2 is 1.59 bits per heavy atom. The topological polar surface area (TPSA) is 116 Å². The molecule has 6 N–H and O–H groups in total. The number of amides is 2. The second kappa shape index (κ2) is 10.3. The summed E-state index contributed by atoms with van der Waals surface area (Å²) in [4.78, 5) is 23.8. The van der Waals surface area contributed by atoms with Gasteiger partial charge < -0.3 is 16.4 Å². The van der Waals surface area contributed by atoms with Crippen LogP contribution in [0.25, 0.3) is 11.1 Å². The van der Waals surface area contributed by atoms with Gasteiger partial charge in [0.1, 0.15) is 6.04 Å². The first kappa shape index (κ1) is 22.0. The van der Waals surface area contributed by atoms with Crippen molar-refractivity contribution in [2.45, 2.75) is 19.0 Å². The lowest BCUT2D eigenvalue weighted by Gasteiger charge is -2.16. The Balaban J connectivity index is 2.03. The number of nitrogens with one attached hydrogen (secondary N) is 3. The SMILES string of the molecule is C=C(N)[C@H](NC(=O)c1ccc(-c2ccc(CNCC(F)F)cc2)cc1)C(=O)NO. The predicted octanol–water partition coefficient (Wildman–Crippen LogP) is 1.78. The monoisotopic (exact) mass is 404 g/mol. The standard InChI is InChI=1S/C20H22F2N4O3/c1-12(23)18(20(28)26-29)25-19(27)16-8-6-15(7-9-16)14-4-2-13(3-5-14)10-24-11-17(21)22/h2-9,17-18,24,29H,1,10-11,23H2,(H,25,27)(H,26,28)/t18-/m0/s1. The number of hydrogen-bond acceptors (Lipinski definition) is 5. The third-order valence-electron chi connectivity index (χ3n) is 4.08. The summed E-state index contributed by atoms with van der Waals surface area (Å²) in [5.41, 5.74) is 9.68. The molecule has 0 aliphatic rings. The average molecular weight is 404 g/mol. The van der Waals surface area contributed by atoms with Gasteiger partial charge in [-0.1, -0.05) is 43.0 Å². The van der Waals surface area contributed by atoms with E-state index in [1.807, 2.05) is 24.3 Å². The van der Waals surface area contributed by atoms with Crippen LogP contribution in [-0.2, 0) is 11.3 Å². The summed E-state index contributed by atoms with van der Waals surface area (Å²) in [5.74, 6) is -1.46. The Labute approximate surface area is 166 Å². The molecule has 0 unspecified atom stereocenters. The van der Waals surface area contributed by atoms with Gasteiger partial charge in [0.25, 0.3) is 18.2 Å². The number of alkyl halides is 2. The second-order valence-electron chi connectivity index (χ2n) is 6.25. The Kier molecular flexibility index (Phi) is 7.81. The van der Waals surface area contributed by atoms with Crippen LogP contribution in [0.2, 0.25) is 0 Å². The minimum atomic E-state index is -2.39. The molecule has 0 fully saturated rings. The van der Waals surface area contributed by atoms with E-state index in [0.717, 1.165) is 16.7 Å². The largest absolute Gasteiger partial charge is 0.400 e. The van der Waals surface area contributed by atoms with Crippen LogP contribution in [-0.4, -0.2) is 36.0 Å². The molecule has 0 radical (unpaired) electrons. The quantitative estimate of drug-likeness (QED) is 0.323. The van der Waals surface area contributed by atoms with Gasteiger partial charge in [-0.15, -0.1) is 0 Å². The summed E-state index contributed by atoms with van der Waals surface area (Å²) in [6.45, 7) is 3.40. The zero-order valence-corrected chi connectivity index (χ0v) is 15.5. The van der Waals surface area contributed by atoms with E-state index < -0.39 is 24.3 Å². The summed E-state index contributed by atoms with van der Waals surface area (Å²) in [6, 6.07) is 12.7. The third-order valence-corrected chi connectivity index (χ3v) is 4.08. The zero-order valence-electron chi connectivity index (χ0n) is 15.5. The summed E-state index contributed by atoms with van der Waals surface area (Å²) in [5, 5.41) is 13.8. The Bertz CT molecular complexity index is 855. The van der Waals surface area contributed by atoms with Crippen molar-refractivity contribution in [3.05, 3.63) is 71.9 Å². The lowest BCUT2D eigenvalue weighted by molar-refractivity contribution is -0.130. The Morgan fingerprint density at radius 3 is 2.07 bits per heavy atom. The van der Waals surface area contributed by atoms with Crippen LogP contribution in [0.3, 0.4) is 0 Å². The number of nitrogens with two attached hydrogens (primary N) is 1. The number of hydroxylamine groups is 1. The first-order chi connectivity index (χ1) is 13.8. The van der Waals surface area contributed by atoms with E-state index in [-0.39, 0.29) is 12.2 Å². The van der Waals surface area contributed by atoms with Crippen LogP contribution in [0.1, 0.15) is 15.9 Å². The van der Waals surface area contributed by atoms with Crippen LogP contribution in [0.15, 0.2) is 60.8 Å². The number of halogens is 2. The molecule has 0 bridgehead atoms. The maximum absolute atomic E-state index is 12.3. The second-order valence-corrected chi connectivity index (χ2v) is 6.25. The van der Waals surface area contributed by atoms with Crippen molar-refractivity contribution in [1.82, 2.24) is 16.1 Å². The normalized spacial score (nSPS) is 11.7. The Morgan fingerprint density at radius 1 is 1.03 bits per heavy atom. The first-order valence-corrected chi connectivity index (χ1v) is 8.69. The molecular weight excluding hydrogens is 382 g/mol. The van der Waals surface area contributed by atoms with Crippen molar-refractivity contribution in [2.24, 2.45) is 5.73 Å². The number of carbonyl (C=O) groups is 2. The molecule has 2 aromatic rings. The zero-order chi connectivity index (χ0) is 21.4. The summed E-state index contributed by atoms with van der Waals surface area (Å²) >= 11 is 0. The van der Waals surface area contributed by atoms with Gasteiger partial charge in [0, 0.05) is 17.8 Å². The number of benzene rings is 2. The average Bonchev–Trinajstić information content (AvgIpc) is 2.71. The smallest absolute Gasteiger partial charge is 0.272 e. The molecule has 0 saturated carbocycles. The summed E-state index contributed by atoms with van der Waals surface area (Å²) < 4.78 is 24.3. The fraction of sp³-hybridized carbons (Fsp3) is 0.200. The predicted molar refractivity (Wildman–Crippen MR) is 104 cm³/mol. The van der Waals surface area contributed by atoms with E-state index in [1.54, 1.807) is 24.3 Å². The van der Waals surface area contributed by atoms with E-state index in [2.05, 4.69) is 17.2 Å². The minimum absolute atomic E-state index is 0.121. The molecule has 2 amide bonds. The molecule has 7 nitrogen and oxygen atoms in total. The van der Waals surface area contributed by atoms with Gasteiger partial charge in [0.2, 0.25) is 0 Å². The molecule has 9 heteroatoms. The molecule has 0 aliphatic carbocycles. The van der Waals surface area contributed by atoms with Crippen LogP contribution in [0.5, 0.6) is 0 Å². The highest BCUT2D eigenvalue weighted by molar-refractivity contribution is 5.98. The maximum atomic E-state index is 12.3. The molecule has 0 spiro atoms. The number of hydrogen-bond donors (Lipinski definition) is 5. The van der Waals surface area contributed by atoms with E-state index in [4.69, 9.17) is 10.9 Å². The minimum Gasteiger partial charge on any atom is -0.400 e. The summed E-state index contributed by atoms with van der Waals surface area (Å²) in [6.07, 6.45) is -2.39. The molecule has 0 heterocycles. The van der Waals surface area contributed by atoms with Crippen molar-refractivity contribution in [1.29, 1.82) is 0 Å². The fourth-order valence-electron chi connectivity index (χ4n) is 2.56. The van der Waals surface area contributed by atoms with E-state index in [1.165, 1.54) is 5.48 Å². The molecule has 2 rings (SSSR count). The van der Waals surface area contributed by atoms with Gasteiger partial charge >= 0.3 is 0 Å². The van der Waals surface area contributed by atoms with E-state index >= 15 is 0 Å². The highest BCUT2D eigenvalue weighted by Gasteiger charge is 2.22. The molecular formula is C20H22F2N4O3. The highest BCUT2D eigenvalue weighted by atomic mass is 19.3. The lowest BCUT2D eigenvalue weighted by Crippen LogP contribution is -2.48. The van der Waals surface area contributed by atoms with Crippen molar-refractivity contribution >= 4 is 11.8 Å². The van der Waals surface area contributed by atoms with E-state index in [9.17, 15) is 18.4 Å². The highest BCUT2D eigenvalue weighted by Crippen LogP contribution is 2.20. The van der Waals surface area contributed by atoms with Crippen molar-refractivity contribution in [2.75, 3.05) is 6.54 Å². The van der Waals surface area contributed by atoms with Gasteiger partial charge in [-0.3, -0.25) is 14.8 Å². The van der Waals surface area contributed by atoms with Crippen molar-refractivity contribution < 1.29 is 23.6 Å². The van der Waals surface area contributed by atoms with Gasteiger partial charge in [-0.05, 0) is 28.8 Å². The van der Waals surface area contributed by atoms with Crippen LogP contribution in [0.4, 0.5) is 8.78 Å². The van der Waals surface area contributed by atoms with Gasteiger partial charge in [0.05, 0.1) is 6.54 Å². The van der Waals surface area contributed by atoms with Crippen LogP contribution >= 0.6 is 0 Å². The maximum Gasteiger partial charge on any atom is 0.272 e. The van der Waals surface area contributed by atoms with Gasteiger partial charge in [-0.2, -0.15) is 0 Å². The van der Waals surface area contributed by atoms with Crippen molar-refractivity contribution in [3.8, 4) is 11.1 Å². The van der Waals surface area contributed by atoms with Gasteiger partial charge in [0.15, 0.2) is 0 Å². The lowest BCUT2D eigenvalue weighted by atomic mass is 10.0. The molecule has 0 saturated heterocycles. The molecule has 0 aromatic heterocycles. The third kappa shape index (κ3) is 6.37. The molecule has 29 heavy (non-hydrogen) atoms. The number of rotatable bonds is 9. The van der Waals surface area contributed by atoms with Crippen LogP contribution < -0.4 is 21.8 Å². The van der Waals surface area contributed by atoms with Crippen molar-refractivity contribution in [3.63, 3.8) is 0 Å². The van der Waals surface area contributed by atoms with Crippen LogP contribution in [0, 0.1) is 0 Å². The summed E-state index contributed by atoms with van der Waals surface area (Å²) in [7, 11) is 0.